The summed E-state index contributed by atoms with van der Waals surface area (Å²) in [6.07, 6.45) is 11.6. The standard InChI is InChI=1S/C29H46O5/c1-27(2,3)15-29(16-28(29,4)5)26(31)34-23-8-6-7-20(14-23)25(30)33-17-32-24-21-10-18-9-19(12-21)13-22(24)11-18/h18-24H,6-17H2,1-5H3. The Labute approximate surface area is 206 Å². The van der Waals surface area contributed by atoms with Crippen LogP contribution in [0.5, 0.6) is 0 Å². The lowest BCUT2D eigenvalue weighted by Crippen LogP contribution is -2.49. The summed E-state index contributed by atoms with van der Waals surface area (Å²) in [5.41, 5.74) is -0.326. The molecule has 192 valence electrons. The van der Waals surface area contributed by atoms with Crippen molar-refractivity contribution in [2.75, 3.05) is 6.79 Å². The van der Waals surface area contributed by atoms with Crippen LogP contribution in [0.3, 0.4) is 0 Å². The molecule has 0 N–H and O–H groups in total. The van der Waals surface area contributed by atoms with Crippen LogP contribution in [0.2, 0.25) is 0 Å². The maximum Gasteiger partial charge on any atom is 0.312 e. The van der Waals surface area contributed by atoms with E-state index in [-0.39, 0.29) is 53.1 Å². The molecule has 0 heterocycles. The summed E-state index contributed by atoms with van der Waals surface area (Å²) in [5, 5.41) is 0. The zero-order valence-corrected chi connectivity index (χ0v) is 22.1. The van der Waals surface area contributed by atoms with E-state index < -0.39 is 0 Å². The lowest BCUT2D eigenvalue weighted by Gasteiger charge is -2.53. The summed E-state index contributed by atoms with van der Waals surface area (Å²) in [6.45, 7) is 11.0. The molecule has 6 aliphatic rings. The topological polar surface area (TPSA) is 61.8 Å². The molecule has 3 atom stereocenters. The van der Waals surface area contributed by atoms with Crippen molar-refractivity contribution in [2.24, 2.45) is 45.8 Å². The van der Waals surface area contributed by atoms with Gasteiger partial charge in [-0.1, -0.05) is 34.6 Å². The Balaban J connectivity index is 1.09. The van der Waals surface area contributed by atoms with E-state index in [2.05, 4.69) is 34.6 Å². The molecule has 34 heavy (non-hydrogen) atoms. The molecule has 6 saturated carbocycles. The molecule has 0 amide bonds. The first kappa shape index (κ1) is 24.6. The van der Waals surface area contributed by atoms with Gasteiger partial charge < -0.3 is 14.2 Å². The molecule has 0 aromatic carbocycles. The smallest absolute Gasteiger partial charge is 0.312 e. The normalized spacial score (nSPS) is 42.3. The molecule has 0 aromatic heterocycles. The number of esters is 2. The van der Waals surface area contributed by atoms with Crippen molar-refractivity contribution >= 4 is 11.9 Å². The lowest BCUT2D eigenvalue weighted by molar-refractivity contribution is -0.192. The van der Waals surface area contributed by atoms with Crippen molar-refractivity contribution in [1.82, 2.24) is 0 Å². The van der Waals surface area contributed by atoms with Crippen LogP contribution >= 0.6 is 0 Å². The number of rotatable bonds is 7. The summed E-state index contributed by atoms with van der Waals surface area (Å²) >= 11 is 0. The molecule has 5 heteroatoms. The van der Waals surface area contributed by atoms with Gasteiger partial charge in [0.2, 0.25) is 0 Å². The monoisotopic (exact) mass is 474 g/mol. The number of carbonyl (C=O) groups excluding carboxylic acids is 2. The Hall–Kier alpha value is -1.10. The maximum atomic E-state index is 13.3. The van der Waals surface area contributed by atoms with Gasteiger partial charge in [0.25, 0.3) is 0 Å². The summed E-state index contributed by atoms with van der Waals surface area (Å²) in [4.78, 5) is 26.1. The molecular formula is C29H46O5. The van der Waals surface area contributed by atoms with Gasteiger partial charge in [-0.05, 0) is 105 Å². The number of ether oxygens (including phenoxy) is 3. The van der Waals surface area contributed by atoms with Crippen molar-refractivity contribution in [3.63, 3.8) is 0 Å². The Bertz CT molecular complexity index is 767. The first-order valence-corrected chi connectivity index (χ1v) is 14.0. The highest BCUT2D eigenvalue weighted by Gasteiger charge is 2.68. The molecule has 0 spiro atoms. The minimum Gasteiger partial charge on any atom is -0.462 e. The van der Waals surface area contributed by atoms with Crippen molar-refractivity contribution < 1.29 is 23.8 Å². The van der Waals surface area contributed by atoms with E-state index in [0.29, 0.717) is 18.3 Å². The minimum atomic E-state index is -0.384. The molecule has 4 bridgehead atoms. The van der Waals surface area contributed by atoms with Crippen LogP contribution in [-0.2, 0) is 23.8 Å². The Morgan fingerprint density at radius 3 is 2.09 bits per heavy atom. The molecule has 6 aliphatic carbocycles. The van der Waals surface area contributed by atoms with Crippen LogP contribution in [-0.4, -0.2) is 30.9 Å². The van der Waals surface area contributed by atoms with Gasteiger partial charge in [0.1, 0.15) is 6.10 Å². The van der Waals surface area contributed by atoms with Gasteiger partial charge in [-0.15, -0.1) is 0 Å². The molecule has 5 nitrogen and oxygen atoms in total. The first-order valence-electron chi connectivity index (χ1n) is 14.0. The Morgan fingerprint density at radius 1 is 0.912 bits per heavy atom. The third kappa shape index (κ3) is 4.80. The summed E-state index contributed by atoms with van der Waals surface area (Å²) in [6, 6.07) is 0. The second kappa shape index (κ2) is 8.78. The molecule has 6 fully saturated rings. The highest BCUT2D eigenvalue weighted by Crippen LogP contribution is 2.68. The average Bonchev–Trinajstić information content (AvgIpc) is 3.29. The van der Waals surface area contributed by atoms with Crippen LogP contribution in [0.4, 0.5) is 0 Å². The third-order valence-corrected chi connectivity index (χ3v) is 9.97. The Kier molecular flexibility index (Phi) is 6.35. The fraction of sp³-hybridized carbons (Fsp3) is 0.931. The lowest BCUT2D eigenvalue weighted by atomic mass is 9.55. The molecular weight excluding hydrogens is 428 g/mol. The van der Waals surface area contributed by atoms with Crippen molar-refractivity contribution in [1.29, 1.82) is 0 Å². The fourth-order valence-corrected chi connectivity index (χ4v) is 8.50. The van der Waals surface area contributed by atoms with Crippen LogP contribution in [0.1, 0.15) is 105 Å². The van der Waals surface area contributed by atoms with Crippen molar-refractivity contribution in [2.45, 2.75) is 117 Å². The second-order valence-corrected chi connectivity index (χ2v) is 14.4. The van der Waals surface area contributed by atoms with E-state index in [0.717, 1.165) is 43.9 Å². The zero-order valence-electron chi connectivity index (χ0n) is 22.1. The van der Waals surface area contributed by atoms with E-state index in [1.807, 2.05) is 0 Å². The fourth-order valence-electron chi connectivity index (χ4n) is 8.50. The average molecular weight is 475 g/mol. The van der Waals surface area contributed by atoms with Gasteiger partial charge >= 0.3 is 11.9 Å². The van der Waals surface area contributed by atoms with Crippen molar-refractivity contribution in [3.05, 3.63) is 0 Å². The van der Waals surface area contributed by atoms with E-state index in [1.54, 1.807) is 0 Å². The number of hydrogen-bond donors (Lipinski definition) is 0. The van der Waals surface area contributed by atoms with Crippen LogP contribution < -0.4 is 0 Å². The van der Waals surface area contributed by atoms with E-state index in [1.165, 1.54) is 32.1 Å². The molecule has 0 aliphatic heterocycles. The van der Waals surface area contributed by atoms with Gasteiger partial charge in [-0.25, -0.2) is 0 Å². The highest BCUT2D eigenvalue weighted by molar-refractivity contribution is 5.82. The van der Waals surface area contributed by atoms with Gasteiger partial charge in [-0.3, -0.25) is 9.59 Å². The second-order valence-electron chi connectivity index (χ2n) is 14.4. The zero-order chi connectivity index (χ0) is 24.3. The van der Waals surface area contributed by atoms with Gasteiger partial charge in [0.15, 0.2) is 6.79 Å². The molecule has 0 saturated heterocycles. The predicted molar refractivity (Wildman–Crippen MR) is 130 cm³/mol. The molecule has 0 aromatic rings. The summed E-state index contributed by atoms with van der Waals surface area (Å²) < 4.78 is 17.9. The number of hydrogen-bond acceptors (Lipinski definition) is 5. The number of carbonyl (C=O) groups is 2. The summed E-state index contributed by atoms with van der Waals surface area (Å²) in [7, 11) is 0. The largest absolute Gasteiger partial charge is 0.462 e. The molecule has 3 unspecified atom stereocenters. The first-order chi connectivity index (χ1) is 16.0. The van der Waals surface area contributed by atoms with E-state index in [4.69, 9.17) is 14.2 Å². The Morgan fingerprint density at radius 2 is 1.53 bits per heavy atom. The van der Waals surface area contributed by atoms with Crippen LogP contribution in [0.25, 0.3) is 0 Å². The van der Waals surface area contributed by atoms with Gasteiger partial charge in [0, 0.05) is 0 Å². The van der Waals surface area contributed by atoms with Crippen LogP contribution in [0, 0.1) is 45.8 Å². The van der Waals surface area contributed by atoms with E-state index >= 15 is 0 Å². The third-order valence-electron chi connectivity index (χ3n) is 9.97. The van der Waals surface area contributed by atoms with Crippen LogP contribution in [0.15, 0.2) is 0 Å². The SMILES string of the molecule is CC(C)(C)CC1(C(=O)OC2CCCC(C(=O)OCOC3C4CC5CC(C4)CC3C5)C2)CC1(C)C. The quantitative estimate of drug-likeness (QED) is 0.321. The van der Waals surface area contributed by atoms with Gasteiger partial charge in [0.05, 0.1) is 17.4 Å². The minimum absolute atomic E-state index is 0.0143. The maximum absolute atomic E-state index is 13.3. The summed E-state index contributed by atoms with van der Waals surface area (Å²) in [5.74, 6) is 2.73. The molecule has 6 rings (SSSR count). The molecule has 0 radical (unpaired) electrons. The highest BCUT2D eigenvalue weighted by atomic mass is 16.7. The van der Waals surface area contributed by atoms with Gasteiger partial charge in [-0.2, -0.15) is 0 Å². The van der Waals surface area contributed by atoms with Crippen molar-refractivity contribution in [3.8, 4) is 0 Å². The van der Waals surface area contributed by atoms with E-state index in [9.17, 15) is 9.59 Å². The predicted octanol–water partition coefficient (Wildman–Crippen LogP) is 6.28.